The molecule has 1 aliphatic rings. The molecule has 25 heavy (non-hydrogen) atoms. The van der Waals surface area contributed by atoms with Crippen LogP contribution in [0.4, 0.5) is 11.4 Å². The maximum absolute atomic E-state index is 9.72. The van der Waals surface area contributed by atoms with Crippen molar-refractivity contribution < 1.29 is 0 Å². The molecule has 4 heterocycles. The summed E-state index contributed by atoms with van der Waals surface area (Å²) in [4.78, 5) is 15.8. The number of thiazole rings is 1. The van der Waals surface area contributed by atoms with E-state index < -0.39 is 0 Å². The summed E-state index contributed by atoms with van der Waals surface area (Å²) < 4.78 is 0. The minimum Gasteiger partial charge on any atom is -0.396 e. The van der Waals surface area contributed by atoms with Gasteiger partial charge in [0.05, 0.1) is 17.1 Å². The Hall–Kier alpha value is -2.98. The zero-order valence-corrected chi connectivity index (χ0v) is 14.3. The van der Waals surface area contributed by atoms with Gasteiger partial charge in [0.25, 0.3) is 0 Å². The van der Waals surface area contributed by atoms with E-state index in [2.05, 4.69) is 20.9 Å². The van der Waals surface area contributed by atoms with Gasteiger partial charge in [0.15, 0.2) is 0 Å². The van der Waals surface area contributed by atoms with Crippen LogP contribution in [-0.4, -0.2) is 28.0 Å². The number of nitrogen functional groups attached to an aromatic ring is 1. The van der Waals surface area contributed by atoms with Crippen LogP contribution < -0.4 is 10.6 Å². The van der Waals surface area contributed by atoms with Crippen LogP contribution in [0.1, 0.15) is 18.4 Å². The van der Waals surface area contributed by atoms with E-state index >= 15 is 0 Å². The second-order valence-electron chi connectivity index (χ2n) is 5.80. The van der Waals surface area contributed by atoms with E-state index in [4.69, 9.17) is 10.7 Å². The molecular weight excluding hydrogens is 332 g/mol. The van der Waals surface area contributed by atoms with Gasteiger partial charge in [-0.2, -0.15) is 5.26 Å². The number of nitrogens with zero attached hydrogens (tertiary/aromatic N) is 5. The second-order valence-corrected chi connectivity index (χ2v) is 6.70. The lowest BCUT2D eigenvalue weighted by atomic mass is 10.1. The molecular formula is C18H16N6S. The molecule has 0 saturated carbocycles. The van der Waals surface area contributed by atoms with Crippen molar-refractivity contribution in [3.8, 4) is 28.2 Å². The topological polar surface area (TPSA) is 91.7 Å². The lowest BCUT2D eigenvalue weighted by Crippen LogP contribution is -2.21. The molecule has 0 bridgehead atoms. The Kier molecular flexibility index (Phi) is 4.04. The van der Waals surface area contributed by atoms with Crippen LogP contribution in [0.3, 0.4) is 0 Å². The van der Waals surface area contributed by atoms with Gasteiger partial charge in [-0.05, 0) is 25.0 Å². The standard InChI is InChI=1S/C18H16N6S/c19-11-12-14(20)17(24-8-3-4-9-24)16(18-22-7-10-25-18)23-15(12)13-5-1-2-6-21-13/h1-2,5-7,10H,3-4,8-9H2,(H2,20,23). The molecule has 0 atom stereocenters. The first kappa shape index (κ1) is 15.5. The minimum atomic E-state index is 0.376. The molecule has 0 radical (unpaired) electrons. The van der Waals surface area contributed by atoms with Crippen molar-refractivity contribution in [1.29, 1.82) is 5.26 Å². The molecule has 0 spiro atoms. The van der Waals surface area contributed by atoms with Crippen LogP contribution in [0.2, 0.25) is 0 Å². The number of hydrogen-bond donors (Lipinski definition) is 1. The fraction of sp³-hybridized carbons (Fsp3) is 0.222. The first-order valence-electron chi connectivity index (χ1n) is 8.09. The van der Waals surface area contributed by atoms with Gasteiger partial charge in [0.1, 0.15) is 28.0 Å². The zero-order valence-electron chi connectivity index (χ0n) is 13.5. The molecule has 124 valence electrons. The molecule has 3 aromatic rings. The Morgan fingerprint density at radius 3 is 2.60 bits per heavy atom. The first-order chi connectivity index (χ1) is 12.3. The predicted molar refractivity (Wildman–Crippen MR) is 99.2 cm³/mol. The van der Waals surface area contributed by atoms with Crippen molar-refractivity contribution in [2.45, 2.75) is 12.8 Å². The van der Waals surface area contributed by atoms with Crippen molar-refractivity contribution in [3.63, 3.8) is 0 Å². The van der Waals surface area contributed by atoms with Crippen LogP contribution in [0, 0.1) is 11.3 Å². The van der Waals surface area contributed by atoms with Gasteiger partial charge in [-0.3, -0.25) is 4.98 Å². The highest BCUT2D eigenvalue weighted by Crippen LogP contribution is 2.41. The molecule has 2 N–H and O–H groups in total. The van der Waals surface area contributed by atoms with Gasteiger partial charge in [-0.1, -0.05) is 6.07 Å². The average Bonchev–Trinajstić information content (AvgIpc) is 3.35. The van der Waals surface area contributed by atoms with Crippen LogP contribution in [0.15, 0.2) is 36.0 Å². The van der Waals surface area contributed by atoms with Crippen molar-refractivity contribution in [2.75, 3.05) is 23.7 Å². The predicted octanol–water partition coefficient (Wildman–Crippen LogP) is 3.32. The van der Waals surface area contributed by atoms with Crippen molar-refractivity contribution >= 4 is 22.7 Å². The van der Waals surface area contributed by atoms with E-state index in [0.29, 0.717) is 22.6 Å². The lowest BCUT2D eigenvalue weighted by molar-refractivity contribution is 0.949. The first-order valence-corrected chi connectivity index (χ1v) is 8.97. The van der Waals surface area contributed by atoms with E-state index in [1.807, 2.05) is 23.6 Å². The molecule has 1 aliphatic heterocycles. The summed E-state index contributed by atoms with van der Waals surface area (Å²) in [6.07, 6.45) is 5.66. The minimum absolute atomic E-state index is 0.376. The average molecular weight is 348 g/mol. The number of aromatic nitrogens is 3. The number of nitrogens with two attached hydrogens (primary N) is 1. The van der Waals surface area contributed by atoms with Crippen LogP contribution in [-0.2, 0) is 0 Å². The van der Waals surface area contributed by atoms with E-state index in [1.54, 1.807) is 12.4 Å². The molecule has 1 saturated heterocycles. The summed E-state index contributed by atoms with van der Waals surface area (Å²) in [6, 6.07) is 7.77. The monoisotopic (exact) mass is 348 g/mol. The zero-order chi connectivity index (χ0) is 17.2. The Bertz CT molecular complexity index is 924. The summed E-state index contributed by atoms with van der Waals surface area (Å²) in [7, 11) is 0. The molecule has 1 fully saturated rings. The maximum Gasteiger partial charge on any atom is 0.144 e. The number of pyridine rings is 2. The van der Waals surface area contributed by atoms with E-state index in [1.165, 1.54) is 11.3 Å². The van der Waals surface area contributed by atoms with Gasteiger partial charge in [-0.15, -0.1) is 11.3 Å². The fourth-order valence-corrected chi connectivity index (χ4v) is 3.77. The number of anilines is 2. The smallest absolute Gasteiger partial charge is 0.144 e. The number of rotatable bonds is 3. The molecule has 0 unspecified atom stereocenters. The molecule has 0 aromatic carbocycles. The van der Waals surface area contributed by atoms with Gasteiger partial charge in [0, 0.05) is 30.9 Å². The summed E-state index contributed by atoms with van der Waals surface area (Å²) >= 11 is 1.52. The number of hydrogen-bond acceptors (Lipinski definition) is 7. The highest BCUT2D eigenvalue weighted by molar-refractivity contribution is 7.13. The van der Waals surface area contributed by atoms with Crippen LogP contribution in [0.25, 0.3) is 22.1 Å². The summed E-state index contributed by atoms with van der Waals surface area (Å²) in [5, 5.41) is 12.4. The molecule has 7 heteroatoms. The molecule has 0 aliphatic carbocycles. The van der Waals surface area contributed by atoms with Gasteiger partial charge >= 0.3 is 0 Å². The van der Waals surface area contributed by atoms with E-state index in [-0.39, 0.29) is 0 Å². The fourth-order valence-electron chi connectivity index (χ4n) is 3.15. The van der Waals surface area contributed by atoms with Crippen molar-refractivity contribution in [1.82, 2.24) is 15.0 Å². The second kappa shape index (κ2) is 6.49. The summed E-state index contributed by atoms with van der Waals surface area (Å²) in [5.74, 6) is 0. The van der Waals surface area contributed by atoms with Crippen molar-refractivity contribution in [3.05, 3.63) is 41.5 Å². The third-order valence-electron chi connectivity index (χ3n) is 4.29. The number of nitriles is 1. The lowest BCUT2D eigenvalue weighted by Gasteiger charge is -2.23. The quantitative estimate of drug-likeness (QED) is 0.780. The maximum atomic E-state index is 9.72. The van der Waals surface area contributed by atoms with Gasteiger partial charge < -0.3 is 10.6 Å². The molecule has 3 aromatic heterocycles. The summed E-state index contributed by atoms with van der Waals surface area (Å²) in [5.41, 5.74) is 10.00. The molecule has 6 nitrogen and oxygen atoms in total. The Morgan fingerprint density at radius 2 is 1.96 bits per heavy atom. The van der Waals surface area contributed by atoms with Crippen molar-refractivity contribution in [2.24, 2.45) is 0 Å². The normalized spacial score (nSPS) is 13.8. The third-order valence-corrected chi connectivity index (χ3v) is 5.07. The largest absolute Gasteiger partial charge is 0.396 e. The molecule has 4 rings (SSSR count). The third kappa shape index (κ3) is 2.71. The van der Waals surface area contributed by atoms with Gasteiger partial charge in [-0.25, -0.2) is 9.97 Å². The molecule has 0 amide bonds. The van der Waals surface area contributed by atoms with E-state index in [0.717, 1.165) is 42.3 Å². The SMILES string of the molecule is N#Cc1c(-c2ccccn2)nc(-c2nccs2)c(N2CCCC2)c1N. The summed E-state index contributed by atoms with van der Waals surface area (Å²) in [6.45, 7) is 1.83. The van der Waals surface area contributed by atoms with Crippen LogP contribution in [0.5, 0.6) is 0 Å². The highest BCUT2D eigenvalue weighted by Gasteiger charge is 2.26. The van der Waals surface area contributed by atoms with E-state index in [9.17, 15) is 5.26 Å². The Balaban J connectivity index is 2.01. The highest BCUT2D eigenvalue weighted by atomic mass is 32.1. The van der Waals surface area contributed by atoms with Crippen LogP contribution >= 0.6 is 11.3 Å². The van der Waals surface area contributed by atoms with Gasteiger partial charge in [0.2, 0.25) is 0 Å². The Morgan fingerprint density at radius 1 is 1.12 bits per heavy atom. The Labute approximate surface area is 149 Å².